The summed E-state index contributed by atoms with van der Waals surface area (Å²) in [5, 5.41) is 7.90. The fourth-order valence-electron chi connectivity index (χ4n) is 3.21. The minimum Gasteiger partial charge on any atom is -0.352 e. The molecule has 0 aliphatic carbocycles. The highest BCUT2D eigenvalue weighted by Gasteiger charge is 2.22. The van der Waals surface area contributed by atoms with Crippen LogP contribution in [0.25, 0.3) is 5.69 Å². The molecule has 0 radical (unpaired) electrons. The number of hydrogen-bond acceptors (Lipinski definition) is 2. The van der Waals surface area contributed by atoms with Crippen LogP contribution >= 0.6 is 0 Å². The van der Waals surface area contributed by atoms with E-state index in [4.69, 9.17) is 0 Å². The van der Waals surface area contributed by atoms with Crippen molar-refractivity contribution < 1.29 is 0 Å². The van der Waals surface area contributed by atoms with Gasteiger partial charge in [0.05, 0.1) is 11.9 Å². The van der Waals surface area contributed by atoms with E-state index in [2.05, 4.69) is 44.6 Å². The molecule has 25 heavy (non-hydrogen) atoms. The molecule has 1 aliphatic rings. The van der Waals surface area contributed by atoms with Gasteiger partial charge in [0, 0.05) is 37.6 Å². The molecule has 3 aromatic rings. The molecule has 1 aliphatic heterocycles. The summed E-state index contributed by atoms with van der Waals surface area (Å²) in [4.78, 5) is 6.70. The average Bonchev–Trinajstić information content (AvgIpc) is 3.31. The molecule has 5 nitrogen and oxygen atoms in total. The number of rotatable bonds is 3. The van der Waals surface area contributed by atoms with Gasteiger partial charge in [-0.15, -0.1) is 0 Å². The summed E-state index contributed by atoms with van der Waals surface area (Å²) in [7, 11) is 1.83. The molecule has 0 saturated heterocycles. The zero-order chi connectivity index (χ0) is 17.1. The second-order valence-electron chi connectivity index (χ2n) is 6.06. The van der Waals surface area contributed by atoms with Gasteiger partial charge in [-0.2, -0.15) is 5.10 Å². The van der Waals surface area contributed by atoms with Gasteiger partial charge in [0.15, 0.2) is 5.96 Å². The minimum absolute atomic E-state index is 0.693. The Balaban J connectivity index is 1.45. The SMILES string of the molecule is CN=C(NCc1cnn(-c2ccccc2)c1)N1CCc2ccccc21. The van der Waals surface area contributed by atoms with Crippen LogP contribution in [-0.4, -0.2) is 29.3 Å². The van der Waals surface area contributed by atoms with Crippen molar-refractivity contribution in [2.24, 2.45) is 4.99 Å². The van der Waals surface area contributed by atoms with Crippen LogP contribution in [0.1, 0.15) is 11.1 Å². The number of aliphatic imine (C=N–C) groups is 1. The molecule has 1 N–H and O–H groups in total. The van der Waals surface area contributed by atoms with E-state index in [1.807, 2.05) is 54.5 Å². The molecule has 0 atom stereocenters. The van der Waals surface area contributed by atoms with Crippen molar-refractivity contribution in [3.63, 3.8) is 0 Å². The molecule has 0 spiro atoms. The predicted octanol–water partition coefficient (Wildman–Crippen LogP) is 3.01. The first-order chi connectivity index (χ1) is 12.3. The number of fused-ring (bicyclic) bond motifs is 1. The lowest BCUT2D eigenvalue weighted by Gasteiger charge is -2.22. The van der Waals surface area contributed by atoms with E-state index < -0.39 is 0 Å². The molecule has 2 heterocycles. The first kappa shape index (κ1) is 15.4. The summed E-state index contributed by atoms with van der Waals surface area (Å²) in [6.45, 7) is 1.65. The molecule has 0 fully saturated rings. The predicted molar refractivity (Wildman–Crippen MR) is 101 cm³/mol. The van der Waals surface area contributed by atoms with E-state index in [-0.39, 0.29) is 0 Å². The maximum atomic E-state index is 4.45. The van der Waals surface area contributed by atoms with Crippen LogP contribution in [0.2, 0.25) is 0 Å². The maximum Gasteiger partial charge on any atom is 0.198 e. The van der Waals surface area contributed by atoms with Crippen LogP contribution in [0.5, 0.6) is 0 Å². The highest BCUT2D eigenvalue weighted by molar-refractivity contribution is 5.97. The number of nitrogens with one attached hydrogen (secondary N) is 1. The zero-order valence-corrected chi connectivity index (χ0v) is 14.3. The number of anilines is 1. The van der Waals surface area contributed by atoms with Crippen LogP contribution in [0.15, 0.2) is 72.0 Å². The largest absolute Gasteiger partial charge is 0.352 e. The molecule has 0 unspecified atom stereocenters. The normalized spacial score (nSPS) is 13.8. The van der Waals surface area contributed by atoms with Gasteiger partial charge in [0.25, 0.3) is 0 Å². The van der Waals surface area contributed by atoms with Crippen molar-refractivity contribution in [1.82, 2.24) is 15.1 Å². The summed E-state index contributed by atoms with van der Waals surface area (Å²) >= 11 is 0. The van der Waals surface area contributed by atoms with E-state index in [9.17, 15) is 0 Å². The molecular formula is C20H21N5. The van der Waals surface area contributed by atoms with Crippen LogP contribution in [0, 0.1) is 0 Å². The number of hydrogen-bond donors (Lipinski definition) is 1. The van der Waals surface area contributed by atoms with E-state index >= 15 is 0 Å². The molecule has 0 bridgehead atoms. The Morgan fingerprint density at radius 2 is 1.92 bits per heavy atom. The summed E-state index contributed by atoms with van der Waals surface area (Å²) < 4.78 is 1.89. The third kappa shape index (κ3) is 3.13. The van der Waals surface area contributed by atoms with Crippen molar-refractivity contribution in [2.75, 3.05) is 18.5 Å². The topological polar surface area (TPSA) is 45.5 Å². The Morgan fingerprint density at radius 1 is 1.12 bits per heavy atom. The molecule has 5 heteroatoms. The first-order valence-electron chi connectivity index (χ1n) is 8.50. The highest BCUT2D eigenvalue weighted by Crippen LogP contribution is 2.27. The lowest BCUT2D eigenvalue weighted by atomic mass is 10.2. The zero-order valence-electron chi connectivity index (χ0n) is 14.3. The van der Waals surface area contributed by atoms with Gasteiger partial charge in [-0.1, -0.05) is 36.4 Å². The summed E-state index contributed by atoms with van der Waals surface area (Å²) in [5.41, 5.74) is 4.81. The fraction of sp³-hybridized carbons (Fsp3) is 0.200. The van der Waals surface area contributed by atoms with Gasteiger partial charge in [-0.05, 0) is 30.2 Å². The van der Waals surface area contributed by atoms with Crippen molar-refractivity contribution in [3.8, 4) is 5.69 Å². The van der Waals surface area contributed by atoms with E-state index in [0.717, 1.165) is 30.2 Å². The third-order valence-corrected chi connectivity index (χ3v) is 4.46. The second-order valence-corrected chi connectivity index (χ2v) is 6.06. The molecule has 0 amide bonds. The van der Waals surface area contributed by atoms with Gasteiger partial charge in [-0.3, -0.25) is 4.99 Å². The maximum absolute atomic E-state index is 4.45. The Labute approximate surface area is 147 Å². The first-order valence-corrected chi connectivity index (χ1v) is 8.50. The number of benzene rings is 2. The molecule has 126 valence electrons. The number of para-hydroxylation sites is 2. The summed E-state index contributed by atoms with van der Waals surface area (Å²) in [5.74, 6) is 0.900. The number of guanidine groups is 1. The molecule has 4 rings (SSSR count). The van der Waals surface area contributed by atoms with Crippen molar-refractivity contribution in [3.05, 3.63) is 78.1 Å². The fourth-order valence-corrected chi connectivity index (χ4v) is 3.21. The molecule has 1 aromatic heterocycles. The Morgan fingerprint density at radius 3 is 2.76 bits per heavy atom. The average molecular weight is 331 g/mol. The van der Waals surface area contributed by atoms with Crippen molar-refractivity contribution in [2.45, 2.75) is 13.0 Å². The van der Waals surface area contributed by atoms with Gasteiger partial charge in [0.1, 0.15) is 0 Å². The van der Waals surface area contributed by atoms with E-state index in [1.54, 1.807) is 0 Å². The number of nitrogens with zero attached hydrogens (tertiary/aromatic N) is 4. The van der Waals surface area contributed by atoms with Crippen molar-refractivity contribution >= 4 is 11.6 Å². The second kappa shape index (κ2) is 6.81. The Hall–Kier alpha value is -3.08. The minimum atomic E-state index is 0.693. The standard InChI is InChI=1S/C20H21N5/c1-21-20(24-12-11-17-7-5-6-10-19(17)24)22-13-16-14-23-25(15-16)18-8-3-2-4-9-18/h2-10,14-15H,11-13H2,1H3,(H,21,22). The Bertz CT molecular complexity index is 882. The van der Waals surface area contributed by atoms with E-state index in [0.29, 0.717) is 6.54 Å². The van der Waals surface area contributed by atoms with Crippen LogP contribution in [0.4, 0.5) is 5.69 Å². The molecule has 2 aromatic carbocycles. The van der Waals surface area contributed by atoms with Crippen molar-refractivity contribution in [1.29, 1.82) is 0 Å². The van der Waals surface area contributed by atoms with Crippen LogP contribution in [-0.2, 0) is 13.0 Å². The van der Waals surface area contributed by atoms with Crippen LogP contribution < -0.4 is 10.2 Å². The van der Waals surface area contributed by atoms with Gasteiger partial charge < -0.3 is 10.2 Å². The molecular weight excluding hydrogens is 310 g/mol. The summed E-state index contributed by atoms with van der Waals surface area (Å²) in [6, 6.07) is 18.6. The highest BCUT2D eigenvalue weighted by atomic mass is 15.3. The molecule has 0 saturated carbocycles. The quantitative estimate of drug-likeness (QED) is 0.593. The smallest absolute Gasteiger partial charge is 0.198 e. The van der Waals surface area contributed by atoms with Crippen LogP contribution in [0.3, 0.4) is 0 Å². The van der Waals surface area contributed by atoms with Gasteiger partial charge >= 0.3 is 0 Å². The number of aromatic nitrogens is 2. The lowest BCUT2D eigenvalue weighted by Crippen LogP contribution is -2.40. The third-order valence-electron chi connectivity index (χ3n) is 4.46. The summed E-state index contributed by atoms with van der Waals surface area (Å²) in [6.07, 6.45) is 5.00. The van der Waals surface area contributed by atoms with Gasteiger partial charge in [-0.25, -0.2) is 4.68 Å². The van der Waals surface area contributed by atoms with Gasteiger partial charge in [0.2, 0.25) is 0 Å². The monoisotopic (exact) mass is 331 g/mol. The Kier molecular flexibility index (Phi) is 4.21. The lowest BCUT2D eigenvalue weighted by molar-refractivity contribution is 0.861. The van der Waals surface area contributed by atoms with E-state index in [1.165, 1.54) is 11.3 Å².